The first-order valence-corrected chi connectivity index (χ1v) is 14.3. The molecule has 0 bridgehead atoms. The third-order valence-corrected chi connectivity index (χ3v) is 8.93. The Morgan fingerprint density at radius 3 is 2.05 bits per heavy atom. The van der Waals surface area contributed by atoms with Gasteiger partial charge in [-0.05, 0) is 63.2 Å². The Morgan fingerprint density at radius 1 is 0.571 bits per heavy atom. The highest BCUT2D eigenvalue weighted by Gasteiger charge is 2.38. The zero-order valence-corrected chi connectivity index (χ0v) is 23.4. The SMILES string of the molecule is CC1(C)c2ccccc2N(c2cccc3ccccc23)c2ccc3cc(C=C4C(=O)c5ccccc5C4=O)ccc3c21. The Kier molecular flexibility index (Phi) is 5.17. The molecule has 1 aliphatic heterocycles. The lowest BCUT2D eigenvalue weighted by Gasteiger charge is -2.43. The van der Waals surface area contributed by atoms with Crippen LogP contribution in [0.15, 0.2) is 127 Å². The Balaban J connectivity index is 1.33. The fraction of sp³-hybridized carbons (Fsp3) is 0.0769. The van der Waals surface area contributed by atoms with Gasteiger partial charge in [-0.3, -0.25) is 9.59 Å². The number of hydrogen-bond donors (Lipinski definition) is 0. The number of carbonyl (C=O) groups is 2. The fourth-order valence-electron chi connectivity index (χ4n) is 6.96. The van der Waals surface area contributed by atoms with E-state index in [9.17, 15) is 9.59 Å². The number of ketones is 2. The summed E-state index contributed by atoms with van der Waals surface area (Å²) in [7, 11) is 0. The van der Waals surface area contributed by atoms with Crippen molar-refractivity contribution in [3.63, 3.8) is 0 Å². The number of carbonyl (C=O) groups excluding carboxylic acids is 2. The number of anilines is 3. The van der Waals surface area contributed by atoms with Crippen molar-refractivity contribution < 1.29 is 9.59 Å². The van der Waals surface area contributed by atoms with Gasteiger partial charge >= 0.3 is 0 Å². The lowest BCUT2D eigenvalue weighted by atomic mass is 9.71. The van der Waals surface area contributed by atoms with E-state index in [4.69, 9.17) is 0 Å². The molecule has 1 aliphatic carbocycles. The van der Waals surface area contributed by atoms with Crippen molar-refractivity contribution in [2.75, 3.05) is 4.90 Å². The molecule has 2 aliphatic rings. The minimum absolute atomic E-state index is 0.204. The summed E-state index contributed by atoms with van der Waals surface area (Å²) in [5, 5.41) is 4.64. The second kappa shape index (κ2) is 8.86. The zero-order valence-electron chi connectivity index (χ0n) is 23.4. The molecule has 6 aromatic carbocycles. The van der Waals surface area contributed by atoms with Crippen LogP contribution in [0.1, 0.15) is 51.3 Å². The molecule has 0 spiro atoms. The number of para-hydroxylation sites is 1. The first kappa shape index (κ1) is 24.5. The first-order valence-electron chi connectivity index (χ1n) is 14.3. The highest BCUT2D eigenvalue weighted by atomic mass is 16.2. The van der Waals surface area contributed by atoms with Gasteiger partial charge in [-0.25, -0.2) is 0 Å². The zero-order chi connectivity index (χ0) is 28.6. The molecule has 3 nitrogen and oxygen atoms in total. The molecular formula is C39H27NO2. The molecule has 0 fully saturated rings. The lowest BCUT2D eigenvalue weighted by molar-refractivity contribution is 0.0990. The van der Waals surface area contributed by atoms with E-state index in [0.717, 1.165) is 27.7 Å². The van der Waals surface area contributed by atoms with Gasteiger partial charge in [-0.1, -0.05) is 111 Å². The standard InChI is InChI=1S/C39H27NO2/c1-39(2)32-15-7-8-16-34(32)40(33-17-9-11-25-10-3-4-12-27(25)33)35-21-19-26-22-24(18-20-28(26)36(35)39)23-31-37(41)29-13-5-6-14-30(29)38(31)42/h3-23H,1-2H3. The van der Waals surface area contributed by atoms with Crippen LogP contribution in [0, 0.1) is 0 Å². The molecule has 1 heterocycles. The summed E-state index contributed by atoms with van der Waals surface area (Å²) >= 11 is 0. The molecule has 0 saturated carbocycles. The Morgan fingerprint density at radius 2 is 1.24 bits per heavy atom. The molecule has 0 aromatic heterocycles. The van der Waals surface area contributed by atoms with E-state index in [1.54, 1.807) is 30.3 Å². The number of hydrogen-bond acceptors (Lipinski definition) is 3. The summed E-state index contributed by atoms with van der Waals surface area (Å²) in [6, 6.07) is 41.4. The Hall–Kier alpha value is -5.28. The van der Waals surface area contributed by atoms with E-state index in [-0.39, 0.29) is 22.6 Å². The van der Waals surface area contributed by atoms with Gasteiger partial charge in [0.25, 0.3) is 0 Å². The molecule has 0 N–H and O–H groups in total. The van der Waals surface area contributed by atoms with Crippen molar-refractivity contribution in [3.8, 4) is 0 Å². The topological polar surface area (TPSA) is 37.4 Å². The summed E-state index contributed by atoms with van der Waals surface area (Å²) in [5.41, 5.74) is 7.79. The summed E-state index contributed by atoms with van der Waals surface area (Å²) < 4.78 is 0. The molecule has 0 amide bonds. The molecule has 8 rings (SSSR count). The van der Waals surface area contributed by atoms with Gasteiger partial charge in [-0.2, -0.15) is 0 Å². The van der Waals surface area contributed by atoms with Crippen LogP contribution in [0.2, 0.25) is 0 Å². The predicted octanol–water partition coefficient (Wildman–Crippen LogP) is 9.56. The van der Waals surface area contributed by atoms with Crippen molar-refractivity contribution in [2.24, 2.45) is 0 Å². The van der Waals surface area contributed by atoms with Crippen LogP contribution in [0.25, 0.3) is 27.6 Å². The van der Waals surface area contributed by atoms with Crippen LogP contribution in [-0.2, 0) is 5.41 Å². The molecule has 6 aromatic rings. The third kappa shape index (κ3) is 3.40. The lowest BCUT2D eigenvalue weighted by Crippen LogP contribution is -2.31. The fourth-order valence-corrected chi connectivity index (χ4v) is 6.96. The van der Waals surface area contributed by atoms with Gasteiger partial charge in [0.1, 0.15) is 0 Å². The number of Topliss-reactive ketones (excluding diaryl/α,β-unsaturated/α-hetero) is 2. The second-order valence-electron chi connectivity index (χ2n) is 11.7. The molecule has 42 heavy (non-hydrogen) atoms. The molecule has 200 valence electrons. The maximum Gasteiger partial charge on any atom is 0.197 e. The van der Waals surface area contributed by atoms with E-state index in [0.29, 0.717) is 11.1 Å². The van der Waals surface area contributed by atoms with Crippen LogP contribution in [-0.4, -0.2) is 11.6 Å². The van der Waals surface area contributed by atoms with E-state index in [1.165, 1.54) is 27.6 Å². The number of benzene rings is 6. The maximum absolute atomic E-state index is 13.0. The van der Waals surface area contributed by atoms with Gasteiger partial charge in [0, 0.05) is 21.9 Å². The van der Waals surface area contributed by atoms with Crippen LogP contribution >= 0.6 is 0 Å². The molecule has 0 saturated heterocycles. The normalized spacial score (nSPS) is 15.1. The van der Waals surface area contributed by atoms with Gasteiger partial charge in [0.2, 0.25) is 0 Å². The van der Waals surface area contributed by atoms with Crippen LogP contribution in [0.4, 0.5) is 17.1 Å². The van der Waals surface area contributed by atoms with E-state index >= 15 is 0 Å². The van der Waals surface area contributed by atoms with Crippen molar-refractivity contribution >= 4 is 56.2 Å². The van der Waals surface area contributed by atoms with Crippen molar-refractivity contribution in [2.45, 2.75) is 19.3 Å². The van der Waals surface area contributed by atoms with Crippen molar-refractivity contribution in [3.05, 3.63) is 155 Å². The third-order valence-electron chi connectivity index (χ3n) is 8.93. The average molecular weight is 542 g/mol. The molecular weight excluding hydrogens is 514 g/mol. The number of allylic oxidation sites excluding steroid dienone is 1. The second-order valence-corrected chi connectivity index (χ2v) is 11.7. The molecule has 3 heteroatoms. The Bertz CT molecular complexity index is 2130. The number of nitrogens with zero attached hydrogens (tertiary/aromatic N) is 1. The van der Waals surface area contributed by atoms with Crippen LogP contribution in [0.5, 0.6) is 0 Å². The van der Waals surface area contributed by atoms with Gasteiger partial charge in [-0.15, -0.1) is 0 Å². The largest absolute Gasteiger partial charge is 0.309 e. The van der Waals surface area contributed by atoms with Gasteiger partial charge < -0.3 is 4.90 Å². The summed E-state index contributed by atoms with van der Waals surface area (Å²) in [6.45, 7) is 4.60. The molecule has 0 radical (unpaired) electrons. The van der Waals surface area contributed by atoms with Crippen LogP contribution in [0.3, 0.4) is 0 Å². The predicted molar refractivity (Wildman–Crippen MR) is 171 cm³/mol. The summed E-state index contributed by atoms with van der Waals surface area (Å²) in [6.07, 6.45) is 1.74. The first-order chi connectivity index (χ1) is 20.4. The maximum atomic E-state index is 13.0. The summed E-state index contributed by atoms with van der Waals surface area (Å²) in [4.78, 5) is 28.5. The summed E-state index contributed by atoms with van der Waals surface area (Å²) in [5.74, 6) is -0.408. The Labute approximate surface area is 244 Å². The highest BCUT2D eigenvalue weighted by Crippen LogP contribution is 2.54. The molecule has 0 atom stereocenters. The van der Waals surface area contributed by atoms with Crippen molar-refractivity contribution in [1.29, 1.82) is 0 Å². The minimum atomic E-state index is -0.258. The van der Waals surface area contributed by atoms with E-state index in [1.807, 2.05) is 6.07 Å². The quantitative estimate of drug-likeness (QED) is 0.162. The van der Waals surface area contributed by atoms with Crippen LogP contribution < -0.4 is 4.90 Å². The van der Waals surface area contributed by atoms with E-state index < -0.39 is 0 Å². The average Bonchev–Trinajstić information content (AvgIpc) is 3.25. The minimum Gasteiger partial charge on any atom is -0.309 e. The highest BCUT2D eigenvalue weighted by molar-refractivity contribution is 6.41. The van der Waals surface area contributed by atoms with Crippen molar-refractivity contribution in [1.82, 2.24) is 0 Å². The van der Waals surface area contributed by atoms with E-state index in [2.05, 4.69) is 110 Å². The number of rotatable bonds is 2. The van der Waals surface area contributed by atoms with Gasteiger partial charge in [0.15, 0.2) is 11.6 Å². The monoisotopic (exact) mass is 541 g/mol. The number of fused-ring (bicyclic) bond motifs is 6. The van der Waals surface area contributed by atoms with Gasteiger partial charge in [0.05, 0.1) is 22.6 Å². The smallest absolute Gasteiger partial charge is 0.197 e. The molecule has 0 unspecified atom stereocenters.